The van der Waals surface area contributed by atoms with Gasteiger partial charge >= 0.3 is 0 Å². The Balaban J connectivity index is 2.33. The molecule has 1 atom stereocenters. The van der Waals surface area contributed by atoms with Crippen LogP contribution in [-0.4, -0.2) is 19.1 Å². The molecule has 0 aliphatic heterocycles. The molecule has 2 aromatic rings. The Labute approximate surface area is 108 Å². The van der Waals surface area contributed by atoms with Crippen LogP contribution in [0.3, 0.4) is 0 Å². The van der Waals surface area contributed by atoms with Crippen LogP contribution >= 0.6 is 0 Å². The standard InChI is InChI=1S/C15H19N3/c1-11-7-13(10-17-9-11)15(16)12-5-4-6-14(8-12)18(2)3/h4-10,15H,16H2,1-3H3. The summed E-state index contributed by atoms with van der Waals surface area (Å²) in [7, 11) is 4.05. The quantitative estimate of drug-likeness (QED) is 0.897. The highest BCUT2D eigenvalue weighted by Gasteiger charge is 2.10. The lowest BCUT2D eigenvalue weighted by Crippen LogP contribution is -2.14. The van der Waals surface area contributed by atoms with E-state index in [0.29, 0.717) is 0 Å². The van der Waals surface area contributed by atoms with Crippen LogP contribution in [0, 0.1) is 6.92 Å². The number of pyridine rings is 1. The van der Waals surface area contributed by atoms with Gasteiger partial charge in [-0.25, -0.2) is 0 Å². The van der Waals surface area contributed by atoms with Crippen molar-refractivity contribution in [3.63, 3.8) is 0 Å². The van der Waals surface area contributed by atoms with Gasteiger partial charge in [0.15, 0.2) is 0 Å². The molecule has 0 aliphatic rings. The molecular weight excluding hydrogens is 222 g/mol. The Bertz CT molecular complexity index is 535. The number of nitrogens with two attached hydrogens (primary N) is 1. The van der Waals surface area contributed by atoms with E-state index in [1.807, 2.05) is 39.5 Å². The summed E-state index contributed by atoms with van der Waals surface area (Å²) in [5, 5.41) is 0. The molecule has 2 N–H and O–H groups in total. The number of aryl methyl sites for hydroxylation is 1. The molecule has 0 spiro atoms. The summed E-state index contributed by atoms with van der Waals surface area (Å²) in [5.74, 6) is 0. The molecule has 0 aliphatic carbocycles. The Morgan fingerprint density at radius 1 is 1.11 bits per heavy atom. The molecule has 0 saturated heterocycles. The van der Waals surface area contributed by atoms with Crippen LogP contribution in [0.4, 0.5) is 5.69 Å². The Morgan fingerprint density at radius 2 is 1.89 bits per heavy atom. The van der Waals surface area contributed by atoms with Crippen LogP contribution in [0.2, 0.25) is 0 Å². The highest BCUT2D eigenvalue weighted by molar-refractivity contribution is 5.49. The van der Waals surface area contributed by atoms with Crippen molar-refractivity contribution < 1.29 is 0 Å². The van der Waals surface area contributed by atoms with Crippen LogP contribution in [0.1, 0.15) is 22.7 Å². The number of hydrogen-bond acceptors (Lipinski definition) is 3. The molecular formula is C15H19N3. The molecule has 3 nitrogen and oxygen atoms in total. The first-order chi connectivity index (χ1) is 8.58. The summed E-state index contributed by atoms with van der Waals surface area (Å²) >= 11 is 0. The van der Waals surface area contributed by atoms with E-state index < -0.39 is 0 Å². The van der Waals surface area contributed by atoms with E-state index in [-0.39, 0.29) is 6.04 Å². The van der Waals surface area contributed by atoms with Crippen LogP contribution in [-0.2, 0) is 0 Å². The third-order valence-electron chi connectivity index (χ3n) is 3.00. The van der Waals surface area contributed by atoms with Gasteiger partial charge in [0.1, 0.15) is 0 Å². The predicted octanol–water partition coefficient (Wildman–Crippen LogP) is 2.50. The second kappa shape index (κ2) is 5.19. The molecule has 18 heavy (non-hydrogen) atoms. The van der Waals surface area contributed by atoms with E-state index in [1.165, 1.54) is 0 Å². The van der Waals surface area contributed by atoms with Crippen molar-refractivity contribution in [2.24, 2.45) is 5.73 Å². The van der Waals surface area contributed by atoms with Crippen LogP contribution in [0.25, 0.3) is 0 Å². The molecule has 1 heterocycles. The molecule has 3 heteroatoms. The SMILES string of the molecule is Cc1cncc(C(N)c2cccc(N(C)C)c2)c1. The zero-order valence-electron chi connectivity index (χ0n) is 11.1. The molecule has 0 bridgehead atoms. The van der Waals surface area contributed by atoms with Gasteiger partial charge in [0, 0.05) is 32.2 Å². The molecule has 2 rings (SSSR count). The molecule has 0 amide bonds. The van der Waals surface area contributed by atoms with E-state index >= 15 is 0 Å². The maximum absolute atomic E-state index is 6.30. The van der Waals surface area contributed by atoms with Crippen LogP contribution < -0.4 is 10.6 Å². The van der Waals surface area contributed by atoms with Crippen molar-refractivity contribution in [3.8, 4) is 0 Å². The Kier molecular flexibility index (Phi) is 3.63. The van der Waals surface area contributed by atoms with Gasteiger partial charge in [-0.15, -0.1) is 0 Å². The monoisotopic (exact) mass is 241 g/mol. The lowest BCUT2D eigenvalue weighted by Gasteiger charge is -2.17. The minimum Gasteiger partial charge on any atom is -0.378 e. The minimum atomic E-state index is -0.128. The number of benzene rings is 1. The zero-order valence-corrected chi connectivity index (χ0v) is 11.1. The van der Waals surface area contributed by atoms with Gasteiger partial charge in [-0.05, 0) is 35.7 Å². The van der Waals surface area contributed by atoms with E-state index in [1.54, 1.807) is 0 Å². The summed E-state index contributed by atoms with van der Waals surface area (Å²) in [6.45, 7) is 2.03. The summed E-state index contributed by atoms with van der Waals surface area (Å²) in [4.78, 5) is 6.27. The Hall–Kier alpha value is -1.87. The van der Waals surface area contributed by atoms with Gasteiger partial charge in [0.2, 0.25) is 0 Å². The second-order valence-electron chi connectivity index (χ2n) is 4.76. The van der Waals surface area contributed by atoms with Crippen molar-refractivity contribution in [1.29, 1.82) is 0 Å². The van der Waals surface area contributed by atoms with Gasteiger partial charge in [0.25, 0.3) is 0 Å². The fourth-order valence-corrected chi connectivity index (χ4v) is 1.94. The number of aromatic nitrogens is 1. The van der Waals surface area contributed by atoms with Crippen molar-refractivity contribution >= 4 is 5.69 Å². The fourth-order valence-electron chi connectivity index (χ4n) is 1.94. The molecule has 94 valence electrons. The topological polar surface area (TPSA) is 42.1 Å². The summed E-state index contributed by atoms with van der Waals surface area (Å²) in [6, 6.07) is 10.2. The third kappa shape index (κ3) is 2.68. The van der Waals surface area contributed by atoms with Gasteiger partial charge in [0.05, 0.1) is 6.04 Å². The number of nitrogens with zero attached hydrogens (tertiary/aromatic N) is 2. The lowest BCUT2D eigenvalue weighted by molar-refractivity contribution is 0.859. The van der Waals surface area contributed by atoms with Gasteiger partial charge in [-0.1, -0.05) is 18.2 Å². The predicted molar refractivity (Wildman–Crippen MR) is 75.8 cm³/mol. The molecule has 1 aromatic carbocycles. The van der Waals surface area contributed by atoms with E-state index in [4.69, 9.17) is 5.73 Å². The van der Waals surface area contributed by atoms with Crippen molar-refractivity contribution in [1.82, 2.24) is 4.98 Å². The summed E-state index contributed by atoms with van der Waals surface area (Å²) in [6.07, 6.45) is 3.67. The molecule has 0 radical (unpaired) electrons. The summed E-state index contributed by atoms with van der Waals surface area (Å²) < 4.78 is 0. The van der Waals surface area contributed by atoms with Gasteiger partial charge in [-0.2, -0.15) is 0 Å². The van der Waals surface area contributed by atoms with Crippen LogP contribution in [0.5, 0.6) is 0 Å². The summed E-state index contributed by atoms with van der Waals surface area (Å²) in [5.41, 5.74) is 10.7. The average Bonchev–Trinajstić information content (AvgIpc) is 2.38. The maximum Gasteiger partial charge on any atom is 0.0567 e. The first-order valence-electron chi connectivity index (χ1n) is 6.02. The highest BCUT2D eigenvalue weighted by Crippen LogP contribution is 2.23. The van der Waals surface area contributed by atoms with E-state index in [0.717, 1.165) is 22.4 Å². The van der Waals surface area contributed by atoms with Gasteiger partial charge < -0.3 is 10.6 Å². The smallest absolute Gasteiger partial charge is 0.0567 e. The highest BCUT2D eigenvalue weighted by atomic mass is 15.1. The lowest BCUT2D eigenvalue weighted by atomic mass is 9.99. The van der Waals surface area contributed by atoms with E-state index in [2.05, 4.69) is 34.1 Å². The van der Waals surface area contributed by atoms with Crippen molar-refractivity contribution in [2.45, 2.75) is 13.0 Å². The zero-order chi connectivity index (χ0) is 13.1. The van der Waals surface area contributed by atoms with E-state index in [9.17, 15) is 0 Å². The molecule has 1 unspecified atom stereocenters. The number of rotatable bonds is 3. The Morgan fingerprint density at radius 3 is 2.56 bits per heavy atom. The second-order valence-corrected chi connectivity index (χ2v) is 4.76. The first kappa shape index (κ1) is 12.6. The third-order valence-corrected chi connectivity index (χ3v) is 3.00. The normalized spacial score (nSPS) is 12.2. The first-order valence-corrected chi connectivity index (χ1v) is 6.02. The number of hydrogen-bond donors (Lipinski definition) is 1. The largest absolute Gasteiger partial charge is 0.378 e. The van der Waals surface area contributed by atoms with Crippen LogP contribution in [0.15, 0.2) is 42.7 Å². The maximum atomic E-state index is 6.30. The van der Waals surface area contributed by atoms with Gasteiger partial charge in [-0.3, -0.25) is 4.98 Å². The minimum absolute atomic E-state index is 0.128. The average molecular weight is 241 g/mol. The fraction of sp³-hybridized carbons (Fsp3) is 0.267. The van der Waals surface area contributed by atoms with Crippen molar-refractivity contribution in [3.05, 3.63) is 59.4 Å². The molecule has 1 aromatic heterocycles. The number of anilines is 1. The van der Waals surface area contributed by atoms with Crippen molar-refractivity contribution in [2.75, 3.05) is 19.0 Å². The molecule has 0 saturated carbocycles. The molecule has 0 fully saturated rings.